The highest BCUT2D eigenvalue weighted by Gasteiger charge is 2.64. The molecule has 0 saturated carbocycles. The van der Waals surface area contributed by atoms with Gasteiger partial charge in [0.05, 0.1) is 88.8 Å². The number of aliphatic hydroxyl groups is 19. The number of unbranched alkanes of at least 4 members (excludes halogenated alkanes) is 22. The topological polar surface area (TPSA) is 674 Å². The number of carbonyl (C=O) groups excluding carboxylic acids is 4. The van der Waals surface area contributed by atoms with Gasteiger partial charge in [-0.2, -0.15) is 0 Å². The van der Waals surface area contributed by atoms with Crippen LogP contribution in [0.4, 0.5) is 0 Å². The average molecular weight is 1840 g/mol. The first-order valence-corrected chi connectivity index (χ1v) is 45.1. The Morgan fingerprint density at radius 3 is 1.26 bits per heavy atom. The number of amides is 3. The number of hydrogen-bond donors (Lipinski definition) is 24. The van der Waals surface area contributed by atoms with Gasteiger partial charge >= 0.3 is 11.9 Å². The second-order valence-electron chi connectivity index (χ2n) is 34.2. The second-order valence-corrected chi connectivity index (χ2v) is 34.2. The molecule has 2 unspecified atom stereocenters. The van der Waals surface area contributed by atoms with Gasteiger partial charge in [-0.1, -0.05) is 154 Å². The number of aliphatic hydroxyl groups excluding tert-OH is 19. The number of carbonyl (C=O) groups is 6. The molecule has 0 aromatic rings. The first-order chi connectivity index (χ1) is 60.6. The van der Waals surface area contributed by atoms with Gasteiger partial charge in [-0.15, -0.1) is 0 Å². The predicted molar refractivity (Wildman–Crippen MR) is 441 cm³/mol. The van der Waals surface area contributed by atoms with Crippen molar-refractivity contribution < 1.29 is 193 Å². The number of rotatable bonds is 59. The molecule has 6 saturated heterocycles. The van der Waals surface area contributed by atoms with Crippen LogP contribution in [0.5, 0.6) is 0 Å². The van der Waals surface area contributed by atoms with E-state index in [0.717, 1.165) is 91.4 Å². The summed E-state index contributed by atoms with van der Waals surface area (Å²) in [6.45, 7) is -0.661. The Bertz CT molecular complexity index is 3250. The summed E-state index contributed by atoms with van der Waals surface area (Å²) in [5.74, 6) is -16.1. The molecule has 34 atom stereocenters. The van der Waals surface area contributed by atoms with Crippen molar-refractivity contribution in [3.63, 3.8) is 0 Å². The summed E-state index contributed by atoms with van der Waals surface area (Å²) in [5, 5.41) is 245. The summed E-state index contributed by atoms with van der Waals surface area (Å²) in [6, 6.07) is -4.78. The Kier molecular flexibility index (Phi) is 49.3. The molecule has 0 aromatic carbocycles. The van der Waals surface area contributed by atoms with Gasteiger partial charge in [0.1, 0.15) is 128 Å². The highest BCUT2D eigenvalue weighted by Crippen LogP contribution is 2.44. The largest absolute Gasteiger partial charge is 0.477 e. The lowest BCUT2D eigenvalue weighted by Crippen LogP contribution is -2.71. The molecule has 6 rings (SSSR count). The molecule has 6 aliphatic heterocycles. The molecule has 6 aliphatic rings. The molecular formula is C85H147N3O39. The third-order valence-corrected chi connectivity index (χ3v) is 24.0. The number of allylic oxidation sites excluding steroid dienone is 3. The number of carboxylic acid groups (broad SMARTS) is 2. The van der Waals surface area contributed by atoms with Crippen LogP contribution in [-0.2, 0) is 85.6 Å². The Hall–Kier alpha value is -4.74. The van der Waals surface area contributed by atoms with Crippen LogP contribution in [0.15, 0.2) is 24.3 Å². The molecule has 0 aromatic heterocycles. The molecule has 127 heavy (non-hydrogen) atoms. The minimum Gasteiger partial charge on any atom is -0.477 e. The van der Waals surface area contributed by atoms with E-state index in [1.54, 1.807) is 6.08 Å². The fourth-order valence-corrected chi connectivity index (χ4v) is 16.9. The molecule has 3 amide bonds. The van der Waals surface area contributed by atoms with Crippen molar-refractivity contribution in [3.8, 4) is 0 Å². The van der Waals surface area contributed by atoms with Crippen molar-refractivity contribution in [2.45, 2.75) is 422 Å². The molecule has 0 aliphatic carbocycles. The smallest absolute Gasteiger partial charge is 0.364 e. The van der Waals surface area contributed by atoms with Gasteiger partial charge < -0.3 is 185 Å². The van der Waals surface area contributed by atoms with E-state index in [4.69, 9.17) is 56.8 Å². The van der Waals surface area contributed by atoms with Crippen molar-refractivity contribution in [1.82, 2.24) is 16.0 Å². The van der Waals surface area contributed by atoms with E-state index in [9.17, 15) is 136 Å². The Labute approximate surface area is 740 Å². The van der Waals surface area contributed by atoms with Crippen molar-refractivity contribution in [2.75, 3.05) is 46.2 Å². The van der Waals surface area contributed by atoms with Crippen LogP contribution in [-0.4, -0.2) is 390 Å². The van der Waals surface area contributed by atoms with E-state index in [1.165, 1.54) is 83.1 Å². The summed E-state index contributed by atoms with van der Waals surface area (Å²) < 4.78 is 72.7. The standard InChI is InChI=1S/C85H147N3O39/c1-6-8-10-12-14-16-18-20-21-23-25-27-29-31-33-35-60(103)88-50(51(98)34-32-30-28-26-24-22-19-17-15-13-11-9-7-2)45-116-79-68(109)67(108)72(58(43-93)119-79)122-81-70(111)77(127-85(83(114)115)38-53(100)62(87-48(5)97)75(125-85)64(105)55(102)40-90)73(59(44-94)120-81)123-78-49(36-46(3)95)71(65(106)56(41-91)117-78)121-80-69(110)76(66(107)57(42-92)118-80)126-84(82(112)113)37-52(99)61(86-47(4)96)74(124-84)63(104)54(101)39-89/h20-21,32,34,49-59,61-81,89-94,98-102,104-111H,6-19,22-31,33,35-45H2,1-5H3,(H,86,96)(H,87,97)(H,88,103)(H,112,113)(H,114,115)/t49-,50+,51-,52+,53+,54-,55-,56-,57-,58-,59-,61-,62-,63-,64-,65+,66+,67-,68-,69-,70-,71-,72-,73+,74?,75?,76+,77-,78+,79-,80+,81+,84+,85+/m1/s1. The minimum absolute atomic E-state index is 0.0840. The number of aliphatic carboxylic acids is 2. The second kappa shape index (κ2) is 56.4. The van der Waals surface area contributed by atoms with Crippen LogP contribution >= 0.6 is 0 Å². The summed E-state index contributed by atoms with van der Waals surface area (Å²) in [5.41, 5.74) is 0. The van der Waals surface area contributed by atoms with Crippen LogP contribution < -0.4 is 16.0 Å². The zero-order chi connectivity index (χ0) is 93.8. The third kappa shape index (κ3) is 32.5. The number of Topliss-reactive ketones (excluding diaryl/α,β-unsaturated/α-hetero) is 1. The summed E-state index contributed by atoms with van der Waals surface area (Å²) in [7, 11) is 0. The summed E-state index contributed by atoms with van der Waals surface area (Å²) in [4.78, 5) is 79.7. The van der Waals surface area contributed by atoms with E-state index in [0.29, 0.717) is 12.8 Å². The lowest BCUT2D eigenvalue weighted by molar-refractivity contribution is -0.408. The van der Waals surface area contributed by atoms with Crippen LogP contribution in [0.25, 0.3) is 0 Å². The third-order valence-electron chi connectivity index (χ3n) is 24.0. The van der Waals surface area contributed by atoms with Gasteiger partial charge in [0.15, 0.2) is 25.2 Å². The Balaban J connectivity index is 1.30. The van der Waals surface area contributed by atoms with Gasteiger partial charge in [0.25, 0.3) is 11.6 Å². The first kappa shape index (κ1) is 111. The zero-order valence-electron chi connectivity index (χ0n) is 73.5. The van der Waals surface area contributed by atoms with Gasteiger partial charge in [-0.25, -0.2) is 9.59 Å². The molecule has 736 valence electrons. The molecular weight excluding hydrogens is 1690 g/mol. The molecule has 0 radical (unpaired) electrons. The number of ether oxygens (including phenoxy) is 12. The van der Waals surface area contributed by atoms with E-state index in [2.05, 4.69) is 41.9 Å². The maximum Gasteiger partial charge on any atom is 0.364 e. The fourth-order valence-electron chi connectivity index (χ4n) is 16.9. The van der Waals surface area contributed by atoms with Gasteiger partial charge in [-0.3, -0.25) is 14.4 Å². The quantitative estimate of drug-likeness (QED) is 0.0213. The van der Waals surface area contributed by atoms with Crippen LogP contribution in [0.2, 0.25) is 0 Å². The van der Waals surface area contributed by atoms with E-state index in [1.807, 2.05) is 0 Å². The monoisotopic (exact) mass is 1830 g/mol. The van der Waals surface area contributed by atoms with E-state index in [-0.39, 0.29) is 6.42 Å². The van der Waals surface area contributed by atoms with Crippen LogP contribution in [0.1, 0.15) is 221 Å². The van der Waals surface area contributed by atoms with Crippen LogP contribution in [0, 0.1) is 5.92 Å². The molecule has 42 heteroatoms. The van der Waals surface area contributed by atoms with Crippen molar-refractivity contribution in [2.24, 2.45) is 5.92 Å². The highest BCUT2D eigenvalue weighted by atomic mass is 16.8. The number of hydrogen-bond acceptors (Lipinski definition) is 37. The molecule has 42 nitrogen and oxygen atoms in total. The lowest BCUT2D eigenvalue weighted by atomic mass is 9.86. The normalized spacial score (nSPS) is 35.2. The van der Waals surface area contributed by atoms with Gasteiger partial charge in [-0.05, 0) is 51.9 Å². The minimum atomic E-state index is -3.49. The van der Waals surface area contributed by atoms with Gasteiger partial charge in [0.2, 0.25) is 17.7 Å². The van der Waals surface area contributed by atoms with Crippen molar-refractivity contribution >= 4 is 35.4 Å². The van der Waals surface area contributed by atoms with Crippen molar-refractivity contribution in [1.29, 1.82) is 0 Å². The fraction of sp³-hybridized carbons (Fsp3) is 0.882. The molecule has 0 spiro atoms. The van der Waals surface area contributed by atoms with E-state index >= 15 is 0 Å². The number of ketones is 1. The Morgan fingerprint density at radius 1 is 0.433 bits per heavy atom. The first-order valence-electron chi connectivity index (χ1n) is 45.1. The number of carboxylic acids is 2. The van der Waals surface area contributed by atoms with Crippen LogP contribution in [0.3, 0.4) is 0 Å². The molecule has 6 heterocycles. The lowest BCUT2D eigenvalue weighted by Gasteiger charge is -2.53. The van der Waals surface area contributed by atoms with Gasteiger partial charge in [0, 0.05) is 45.4 Å². The highest BCUT2D eigenvalue weighted by molar-refractivity contribution is 5.78. The molecule has 24 N–H and O–H groups in total. The van der Waals surface area contributed by atoms with Crippen molar-refractivity contribution in [3.05, 3.63) is 24.3 Å². The summed E-state index contributed by atoms with van der Waals surface area (Å²) in [6.07, 6.45) is -31.2. The zero-order valence-corrected chi connectivity index (χ0v) is 73.5. The average Bonchev–Trinajstić information content (AvgIpc) is 0.752. The number of nitrogens with one attached hydrogen (secondary N) is 3. The predicted octanol–water partition coefficient (Wildman–Crippen LogP) is -3.00. The maximum atomic E-state index is 14.1. The molecule has 0 bridgehead atoms. The Morgan fingerprint density at radius 2 is 0.819 bits per heavy atom. The van der Waals surface area contributed by atoms with E-state index < -0.39 is 308 Å². The molecule has 6 fully saturated rings. The SMILES string of the molecule is CCCCCCCCC=CCCCCCCCC(=O)N[C@@H](CO[C@@H]1O[C@H](CO)[C@@H](O[C@@H]2O[C@H](CO)[C@H](O[C@@H]3O[C@H](CO)[C@H](O)[C@H](O[C@@H]4O[C@H](CO)[C@H](O)[C@H](O[C@]5(C(=O)O)C[C@H](O)[C@@H](NC(C)=O)C([C@H](O)[C@H](O)CO)O5)[C@H]4O)[C@H]3CC(C)=O)[C@H](O[C@]3(C(=O)O)C[C@H](O)[C@@H](NC(C)=O)C([C@H](O)[C@H](O)CO)O3)[C@H]2O)[C@H](O)[C@H]1O)[C@H](O)C=CCCCCCCCCCCCCC. The summed E-state index contributed by atoms with van der Waals surface area (Å²) >= 11 is 0. The maximum absolute atomic E-state index is 14.1.